The van der Waals surface area contributed by atoms with E-state index in [-0.39, 0.29) is 5.91 Å². The van der Waals surface area contributed by atoms with Crippen LogP contribution in [0.2, 0.25) is 0 Å². The number of nitrogen functional groups attached to an aromatic ring is 1. The van der Waals surface area contributed by atoms with Crippen LogP contribution in [0.4, 0.5) is 11.5 Å². The summed E-state index contributed by atoms with van der Waals surface area (Å²) in [6.45, 7) is 6.11. The molecule has 1 saturated heterocycles. The molecular formula is C13H21N5O3. The SMILES string of the molecule is CCNC(=O)C1COCCN1c1ncnc(OCC)c1N. The lowest BCUT2D eigenvalue weighted by molar-refractivity contribution is -0.124. The average molecular weight is 295 g/mol. The van der Waals surface area contributed by atoms with Crippen molar-refractivity contribution in [1.82, 2.24) is 15.3 Å². The van der Waals surface area contributed by atoms with E-state index < -0.39 is 6.04 Å². The van der Waals surface area contributed by atoms with Gasteiger partial charge >= 0.3 is 0 Å². The number of rotatable bonds is 5. The van der Waals surface area contributed by atoms with Crippen molar-refractivity contribution < 1.29 is 14.3 Å². The molecule has 8 heteroatoms. The predicted molar refractivity (Wildman–Crippen MR) is 78.3 cm³/mol. The Morgan fingerprint density at radius 3 is 3.10 bits per heavy atom. The summed E-state index contributed by atoms with van der Waals surface area (Å²) in [6.07, 6.45) is 1.39. The second kappa shape index (κ2) is 7.07. The van der Waals surface area contributed by atoms with Crippen molar-refractivity contribution >= 4 is 17.4 Å². The molecule has 8 nitrogen and oxygen atoms in total. The van der Waals surface area contributed by atoms with Crippen LogP contribution in [0, 0.1) is 0 Å². The zero-order chi connectivity index (χ0) is 15.2. The lowest BCUT2D eigenvalue weighted by Gasteiger charge is -2.35. The smallest absolute Gasteiger partial charge is 0.245 e. The van der Waals surface area contributed by atoms with Gasteiger partial charge in [0.1, 0.15) is 18.1 Å². The van der Waals surface area contributed by atoms with Crippen molar-refractivity contribution in [3.8, 4) is 5.88 Å². The fraction of sp³-hybridized carbons (Fsp3) is 0.615. The van der Waals surface area contributed by atoms with Crippen molar-refractivity contribution in [3.05, 3.63) is 6.33 Å². The van der Waals surface area contributed by atoms with Gasteiger partial charge in [0.2, 0.25) is 11.8 Å². The minimum Gasteiger partial charge on any atom is -0.476 e. The van der Waals surface area contributed by atoms with E-state index in [4.69, 9.17) is 15.2 Å². The molecule has 0 saturated carbocycles. The van der Waals surface area contributed by atoms with Gasteiger partial charge in [0.25, 0.3) is 0 Å². The van der Waals surface area contributed by atoms with E-state index in [9.17, 15) is 4.79 Å². The van der Waals surface area contributed by atoms with Gasteiger partial charge in [-0.15, -0.1) is 0 Å². The van der Waals surface area contributed by atoms with E-state index in [1.165, 1.54) is 6.33 Å². The van der Waals surface area contributed by atoms with Crippen LogP contribution in [0.5, 0.6) is 5.88 Å². The molecule has 2 rings (SSSR count). The van der Waals surface area contributed by atoms with Crippen LogP contribution in [0.15, 0.2) is 6.33 Å². The monoisotopic (exact) mass is 295 g/mol. The fourth-order valence-electron chi connectivity index (χ4n) is 2.22. The Morgan fingerprint density at radius 2 is 2.38 bits per heavy atom. The highest BCUT2D eigenvalue weighted by Gasteiger charge is 2.32. The molecule has 0 aliphatic carbocycles. The second-order valence-electron chi connectivity index (χ2n) is 4.53. The minimum absolute atomic E-state index is 0.104. The lowest BCUT2D eigenvalue weighted by atomic mass is 10.2. The van der Waals surface area contributed by atoms with Gasteiger partial charge in [-0.05, 0) is 13.8 Å². The number of nitrogens with zero attached hydrogens (tertiary/aromatic N) is 3. The maximum Gasteiger partial charge on any atom is 0.245 e. The van der Waals surface area contributed by atoms with Crippen LogP contribution in [0.25, 0.3) is 0 Å². The number of ether oxygens (including phenoxy) is 2. The molecule has 2 heterocycles. The molecule has 116 valence electrons. The molecule has 0 bridgehead atoms. The molecular weight excluding hydrogens is 274 g/mol. The normalized spacial score (nSPS) is 18.4. The van der Waals surface area contributed by atoms with Crippen LogP contribution < -0.4 is 20.7 Å². The number of hydrogen-bond donors (Lipinski definition) is 2. The van der Waals surface area contributed by atoms with Crippen LogP contribution in [0.1, 0.15) is 13.8 Å². The number of carbonyl (C=O) groups is 1. The number of amides is 1. The van der Waals surface area contributed by atoms with Crippen LogP contribution in [-0.4, -0.2) is 54.8 Å². The first-order chi connectivity index (χ1) is 10.2. The van der Waals surface area contributed by atoms with E-state index in [1.54, 1.807) is 0 Å². The summed E-state index contributed by atoms with van der Waals surface area (Å²) in [7, 11) is 0. The summed E-state index contributed by atoms with van der Waals surface area (Å²) in [5.74, 6) is 0.741. The Hall–Kier alpha value is -2.09. The zero-order valence-electron chi connectivity index (χ0n) is 12.3. The van der Waals surface area contributed by atoms with Gasteiger partial charge in [-0.1, -0.05) is 0 Å². The third-order valence-electron chi connectivity index (χ3n) is 3.16. The number of anilines is 2. The van der Waals surface area contributed by atoms with Gasteiger partial charge in [-0.3, -0.25) is 4.79 Å². The largest absolute Gasteiger partial charge is 0.476 e. The number of carbonyl (C=O) groups excluding carboxylic acids is 1. The van der Waals surface area contributed by atoms with Gasteiger partial charge in [0.05, 0.1) is 19.8 Å². The van der Waals surface area contributed by atoms with E-state index in [1.807, 2.05) is 18.7 Å². The quantitative estimate of drug-likeness (QED) is 0.775. The molecule has 21 heavy (non-hydrogen) atoms. The molecule has 1 aliphatic rings. The van der Waals surface area contributed by atoms with E-state index in [0.717, 1.165) is 0 Å². The first-order valence-corrected chi connectivity index (χ1v) is 7.04. The van der Waals surface area contributed by atoms with Gasteiger partial charge in [-0.25, -0.2) is 4.98 Å². The van der Waals surface area contributed by atoms with Crippen LogP contribution in [0.3, 0.4) is 0 Å². The van der Waals surface area contributed by atoms with E-state index in [2.05, 4.69) is 15.3 Å². The molecule has 1 aromatic heterocycles. The number of nitrogens with one attached hydrogen (secondary N) is 1. The van der Waals surface area contributed by atoms with Gasteiger partial charge in [0, 0.05) is 13.1 Å². The van der Waals surface area contributed by atoms with Crippen molar-refractivity contribution in [3.63, 3.8) is 0 Å². The van der Waals surface area contributed by atoms with E-state index in [0.29, 0.717) is 50.3 Å². The highest BCUT2D eigenvalue weighted by Crippen LogP contribution is 2.30. The number of morpholine rings is 1. The fourth-order valence-corrected chi connectivity index (χ4v) is 2.22. The first kappa shape index (κ1) is 15.3. The molecule has 0 spiro atoms. The predicted octanol–water partition coefficient (Wildman–Crippen LogP) is -0.201. The topological polar surface area (TPSA) is 103 Å². The number of nitrogens with two attached hydrogens (primary N) is 1. The molecule has 1 aliphatic heterocycles. The Labute approximate surface area is 123 Å². The molecule has 1 unspecified atom stereocenters. The van der Waals surface area contributed by atoms with Crippen molar-refractivity contribution in [2.45, 2.75) is 19.9 Å². The summed E-state index contributed by atoms with van der Waals surface area (Å²) in [5.41, 5.74) is 6.42. The number of likely N-dealkylation sites (N-methyl/N-ethyl adjacent to an activating group) is 1. The van der Waals surface area contributed by atoms with Gasteiger partial charge < -0.3 is 25.4 Å². The lowest BCUT2D eigenvalue weighted by Crippen LogP contribution is -2.54. The zero-order valence-corrected chi connectivity index (χ0v) is 12.3. The highest BCUT2D eigenvalue weighted by atomic mass is 16.5. The molecule has 1 fully saturated rings. The summed E-state index contributed by atoms with van der Waals surface area (Å²) in [5, 5.41) is 2.80. The molecule has 1 atom stereocenters. The van der Waals surface area contributed by atoms with Crippen molar-refractivity contribution in [2.24, 2.45) is 0 Å². The Morgan fingerprint density at radius 1 is 1.57 bits per heavy atom. The first-order valence-electron chi connectivity index (χ1n) is 7.04. The third-order valence-corrected chi connectivity index (χ3v) is 3.16. The Bertz CT molecular complexity index is 497. The second-order valence-corrected chi connectivity index (χ2v) is 4.53. The molecule has 0 aromatic carbocycles. The molecule has 0 radical (unpaired) electrons. The Kier molecular flexibility index (Phi) is 5.15. The molecule has 3 N–H and O–H groups in total. The molecule has 1 aromatic rings. The standard InChI is InChI=1S/C13H21N5O3/c1-3-15-12(19)9-7-20-6-5-18(9)11-10(14)13(21-4-2)17-8-16-11/h8-9H,3-7,14H2,1-2H3,(H,15,19). The van der Waals surface area contributed by atoms with Crippen LogP contribution >= 0.6 is 0 Å². The minimum atomic E-state index is -0.453. The summed E-state index contributed by atoms with van der Waals surface area (Å²) in [4.78, 5) is 22.2. The van der Waals surface area contributed by atoms with Crippen molar-refractivity contribution in [1.29, 1.82) is 0 Å². The number of aromatic nitrogens is 2. The summed E-state index contributed by atoms with van der Waals surface area (Å²) in [6, 6.07) is -0.453. The van der Waals surface area contributed by atoms with Crippen molar-refractivity contribution in [2.75, 3.05) is 43.5 Å². The summed E-state index contributed by atoms with van der Waals surface area (Å²) >= 11 is 0. The highest BCUT2D eigenvalue weighted by molar-refractivity contribution is 5.86. The third kappa shape index (κ3) is 3.33. The Balaban J connectivity index is 2.29. The van der Waals surface area contributed by atoms with Gasteiger partial charge in [0.15, 0.2) is 5.82 Å². The average Bonchev–Trinajstić information content (AvgIpc) is 2.50. The van der Waals surface area contributed by atoms with Crippen LogP contribution in [-0.2, 0) is 9.53 Å². The molecule has 1 amide bonds. The van der Waals surface area contributed by atoms with E-state index >= 15 is 0 Å². The maximum atomic E-state index is 12.2. The number of hydrogen-bond acceptors (Lipinski definition) is 7. The maximum absolute atomic E-state index is 12.2. The summed E-state index contributed by atoms with van der Waals surface area (Å²) < 4.78 is 10.8. The van der Waals surface area contributed by atoms with Gasteiger partial charge in [-0.2, -0.15) is 4.98 Å².